The second kappa shape index (κ2) is 9.97. The number of aromatic nitrogens is 2. The van der Waals surface area contributed by atoms with Crippen molar-refractivity contribution in [1.29, 1.82) is 0 Å². The molecule has 0 saturated heterocycles. The lowest BCUT2D eigenvalue weighted by Crippen LogP contribution is -1.99. The van der Waals surface area contributed by atoms with E-state index in [-0.39, 0.29) is 0 Å². The smallest absolute Gasteiger partial charge is 0.162 e. The largest absolute Gasteiger partial charge is 0.493 e. The Bertz CT molecular complexity index is 1810. The molecule has 0 saturated carbocycles. The van der Waals surface area contributed by atoms with Gasteiger partial charge in [0.2, 0.25) is 0 Å². The maximum absolute atomic E-state index is 6.28. The molecule has 0 N–H and O–H groups in total. The van der Waals surface area contributed by atoms with Gasteiger partial charge in [0.15, 0.2) is 23.0 Å². The van der Waals surface area contributed by atoms with Crippen LogP contribution in [0.4, 0.5) is 0 Å². The molecule has 39 heavy (non-hydrogen) atoms. The van der Waals surface area contributed by atoms with Crippen molar-refractivity contribution >= 4 is 27.9 Å². The van der Waals surface area contributed by atoms with Crippen molar-refractivity contribution in [1.82, 2.24) is 8.97 Å². The Balaban J connectivity index is 1.79. The zero-order valence-corrected chi connectivity index (χ0v) is 22.8. The van der Waals surface area contributed by atoms with Crippen LogP contribution in [0.3, 0.4) is 0 Å². The third-order valence-electron chi connectivity index (χ3n) is 7.07. The molecule has 0 aliphatic heterocycles. The Kier molecular flexibility index (Phi) is 6.33. The highest BCUT2D eigenvalue weighted by Gasteiger charge is 2.23. The third-order valence-corrected chi connectivity index (χ3v) is 7.32. The van der Waals surface area contributed by atoms with Gasteiger partial charge in [-0.25, -0.2) is 0 Å². The Morgan fingerprint density at radius 3 is 1.92 bits per heavy atom. The molecule has 0 amide bonds. The van der Waals surface area contributed by atoms with E-state index in [0.717, 1.165) is 44.2 Å². The summed E-state index contributed by atoms with van der Waals surface area (Å²) in [6, 6.07) is 22.1. The first-order valence-corrected chi connectivity index (χ1v) is 12.8. The number of nitrogens with zero attached hydrogens (tertiary/aromatic N) is 2. The standard InChI is InChI=1S/C32H27ClN2O4/c1-36-27-15-21-11-14-35-19-25(20-7-9-22(33)10-8-20)31(32(35)23(21)16-28(27)37-2)24-17-29(38-3)30(39-4)18-26(24)34-12-5-6-13-34/h5-19H,1-4H3. The number of fused-ring (bicyclic) bond motifs is 3. The molecule has 0 atom stereocenters. The molecular weight excluding hydrogens is 512 g/mol. The predicted molar refractivity (Wildman–Crippen MR) is 156 cm³/mol. The van der Waals surface area contributed by atoms with Crippen LogP contribution in [0.5, 0.6) is 23.0 Å². The summed E-state index contributed by atoms with van der Waals surface area (Å²) in [6.07, 6.45) is 8.27. The molecule has 0 fully saturated rings. The normalized spacial score (nSPS) is 11.2. The molecule has 0 aliphatic carbocycles. The van der Waals surface area contributed by atoms with Crippen LogP contribution < -0.4 is 18.9 Å². The highest BCUT2D eigenvalue weighted by Crippen LogP contribution is 2.47. The molecule has 3 aromatic carbocycles. The van der Waals surface area contributed by atoms with E-state index >= 15 is 0 Å². The van der Waals surface area contributed by atoms with Gasteiger partial charge in [-0.15, -0.1) is 0 Å². The summed E-state index contributed by atoms with van der Waals surface area (Å²) in [7, 11) is 6.61. The number of rotatable bonds is 7. The zero-order chi connectivity index (χ0) is 27.1. The molecule has 0 spiro atoms. The lowest BCUT2D eigenvalue weighted by Gasteiger charge is -2.18. The molecule has 0 aliphatic rings. The summed E-state index contributed by atoms with van der Waals surface area (Å²) in [5.41, 5.74) is 6.10. The van der Waals surface area contributed by atoms with E-state index in [4.69, 9.17) is 30.5 Å². The van der Waals surface area contributed by atoms with Gasteiger partial charge in [-0.05, 0) is 59.5 Å². The zero-order valence-electron chi connectivity index (χ0n) is 22.1. The monoisotopic (exact) mass is 538 g/mol. The topological polar surface area (TPSA) is 46.3 Å². The van der Waals surface area contributed by atoms with Crippen LogP contribution in [0.1, 0.15) is 0 Å². The van der Waals surface area contributed by atoms with Crippen molar-refractivity contribution in [2.24, 2.45) is 0 Å². The van der Waals surface area contributed by atoms with Crippen molar-refractivity contribution in [3.63, 3.8) is 0 Å². The minimum Gasteiger partial charge on any atom is -0.493 e. The molecule has 0 bridgehead atoms. The van der Waals surface area contributed by atoms with Gasteiger partial charge in [0.05, 0.1) is 39.6 Å². The van der Waals surface area contributed by atoms with E-state index in [1.54, 1.807) is 28.4 Å². The van der Waals surface area contributed by atoms with E-state index in [9.17, 15) is 0 Å². The quantitative estimate of drug-likeness (QED) is 0.207. The summed E-state index contributed by atoms with van der Waals surface area (Å²) >= 11 is 6.28. The van der Waals surface area contributed by atoms with Gasteiger partial charge >= 0.3 is 0 Å². The molecule has 6 nitrogen and oxygen atoms in total. The van der Waals surface area contributed by atoms with Crippen LogP contribution in [0.2, 0.25) is 5.02 Å². The fourth-order valence-electron chi connectivity index (χ4n) is 5.21. The maximum Gasteiger partial charge on any atom is 0.162 e. The van der Waals surface area contributed by atoms with Gasteiger partial charge in [0.25, 0.3) is 0 Å². The van der Waals surface area contributed by atoms with Crippen molar-refractivity contribution in [2.45, 2.75) is 0 Å². The molecule has 7 heteroatoms. The van der Waals surface area contributed by atoms with Crippen molar-refractivity contribution < 1.29 is 18.9 Å². The Hall–Kier alpha value is -4.55. The summed E-state index contributed by atoms with van der Waals surface area (Å²) in [5.74, 6) is 2.64. The summed E-state index contributed by atoms with van der Waals surface area (Å²) in [4.78, 5) is 0. The second-order valence-electron chi connectivity index (χ2n) is 9.11. The van der Waals surface area contributed by atoms with Crippen molar-refractivity contribution in [2.75, 3.05) is 28.4 Å². The lowest BCUT2D eigenvalue weighted by atomic mass is 9.94. The SMILES string of the molecule is COc1cc(-c2c(-c3ccc(Cl)cc3)cn3ccc4cc(OC)c(OC)cc4c23)c(-n2cccc2)cc1OC. The van der Waals surface area contributed by atoms with Crippen LogP contribution in [-0.4, -0.2) is 37.4 Å². The Morgan fingerprint density at radius 1 is 0.641 bits per heavy atom. The minimum absolute atomic E-state index is 0.643. The highest BCUT2D eigenvalue weighted by molar-refractivity contribution is 6.30. The van der Waals surface area contributed by atoms with Crippen LogP contribution in [0.25, 0.3) is 44.2 Å². The first-order chi connectivity index (χ1) is 19.1. The molecule has 196 valence electrons. The van der Waals surface area contributed by atoms with E-state index in [0.29, 0.717) is 28.0 Å². The van der Waals surface area contributed by atoms with Crippen LogP contribution >= 0.6 is 11.6 Å². The van der Waals surface area contributed by atoms with Gasteiger partial charge in [-0.2, -0.15) is 0 Å². The summed E-state index contributed by atoms with van der Waals surface area (Å²) < 4.78 is 27.0. The highest BCUT2D eigenvalue weighted by atomic mass is 35.5. The summed E-state index contributed by atoms with van der Waals surface area (Å²) in [5, 5.41) is 2.74. The first kappa shape index (κ1) is 24.8. The number of hydrogen-bond donors (Lipinski definition) is 0. The lowest BCUT2D eigenvalue weighted by molar-refractivity contribution is 0.355. The van der Waals surface area contributed by atoms with E-state index in [1.165, 1.54) is 0 Å². The number of benzene rings is 3. The van der Waals surface area contributed by atoms with Gasteiger partial charge in [-0.3, -0.25) is 0 Å². The Labute approximate surface area is 231 Å². The summed E-state index contributed by atoms with van der Waals surface area (Å²) in [6.45, 7) is 0. The van der Waals surface area contributed by atoms with Crippen molar-refractivity contribution in [3.8, 4) is 50.9 Å². The van der Waals surface area contributed by atoms with E-state index in [1.807, 2.05) is 73.1 Å². The third kappa shape index (κ3) is 4.14. The fraction of sp³-hybridized carbons (Fsp3) is 0.125. The first-order valence-electron chi connectivity index (χ1n) is 12.4. The number of pyridine rings is 1. The number of ether oxygens (including phenoxy) is 4. The molecular formula is C32H27ClN2O4. The maximum atomic E-state index is 6.28. The molecule has 0 unspecified atom stereocenters. The number of halogens is 1. The number of methoxy groups -OCH3 is 4. The van der Waals surface area contributed by atoms with Gasteiger partial charge in [0, 0.05) is 58.0 Å². The average Bonchev–Trinajstić information content (AvgIpc) is 3.65. The van der Waals surface area contributed by atoms with Crippen LogP contribution in [0.15, 0.2) is 91.5 Å². The molecule has 0 radical (unpaired) electrons. The van der Waals surface area contributed by atoms with Gasteiger partial charge < -0.3 is 27.9 Å². The average molecular weight is 539 g/mol. The second-order valence-corrected chi connectivity index (χ2v) is 9.54. The van der Waals surface area contributed by atoms with Gasteiger partial charge in [0.1, 0.15) is 0 Å². The minimum atomic E-state index is 0.643. The fourth-order valence-corrected chi connectivity index (χ4v) is 5.34. The Morgan fingerprint density at radius 2 is 1.26 bits per heavy atom. The molecule has 6 rings (SSSR count). The predicted octanol–water partition coefficient (Wildman–Crippen LogP) is 7.91. The van der Waals surface area contributed by atoms with Crippen LogP contribution in [0, 0.1) is 0 Å². The van der Waals surface area contributed by atoms with E-state index < -0.39 is 0 Å². The van der Waals surface area contributed by atoms with E-state index in [2.05, 4.69) is 27.4 Å². The van der Waals surface area contributed by atoms with Gasteiger partial charge in [-0.1, -0.05) is 23.7 Å². The number of hydrogen-bond acceptors (Lipinski definition) is 4. The molecule has 6 aromatic rings. The molecule has 3 aromatic heterocycles. The van der Waals surface area contributed by atoms with Crippen LogP contribution in [-0.2, 0) is 0 Å². The van der Waals surface area contributed by atoms with Crippen molar-refractivity contribution in [3.05, 3.63) is 96.5 Å². The molecule has 3 heterocycles.